The van der Waals surface area contributed by atoms with Gasteiger partial charge in [-0.05, 0) is 291 Å². The molecule has 6 saturated carbocycles. The number of ether oxygens (including phenoxy) is 5. The van der Waals surface area contributed by atoms with Crippen LogP contribution in [0.1, 0.15) is 268 Å². The SMILES string of the molecule is CC1=C2C[C@H]3[C@@H](CCC4=CC(=O)CC[C@@]43C)[C@@H]2CC[C@@]2(C1)O[C@@H]1C[C@H](C)CN(C(=O)OCc3ccccc3)[C@H]1[C@H]2C.CC1=C2C[C@H]3[C@@H](CCC4=CC(=[N+](C)[O-])CC[C@@]43C)[C@@H]2CC[C@@]2(C1)O[C@@H]1C[C@H](C)CN(C(=O)OCc3ccccc3)[C@H]1[C@H]2C.CC1=C2C[C@H]3[C@@H](CCC4=CN(C)C(=O)CC[C@@]43C)[C@@H]2CC[C@@]2(C1)O[C@@H]1C[C@H](C)CN[C@H]1[C@H]2C. The second-order valence-corrected chi connectivity index (χ2v) is 43.0. The predicted molar refractivity (Wildman–Crippen MR) is 459 cm³/mol. The molecule has 3 spiro atoms. The Bertz CT molecular complexity index is 4420. The number of likely N-dealkylation sites (tertiary alicyclic amines) is 2. The van der Waals surface area contributed by atoms with E-state index in [1.807, 2.05) is 88.5 Å². The van der Waals surface area contributed by atoms with Gasteiger partial charge in [-0.25, -0.2) is 14.3 Å². The first-order valence-corrected chi connectivity index (χ1v) is 46.9. The van der Waals surface area contributed by atoms with Gasteiger partial charge in [0.1, 0.15) is 20.3 Å². The molecule has 6 saturated heterocycles. The normalized spacial score (nSPS) is 43.9. The highest BCUT2D eigenvalue weighted by Crippen LogP contribution is 2.69. The Labute approximate surface area is 700 Å². The first-order valence-electron chi connectivity index (χ1n) is 46.9. The van der Waals surface area contributed by atoms with Crippen LogP contribution in [0.3, 0.4) is 0 Å². The fourth-order valence-electron chi connectivity index (χ4n) is 30.3. The third-order valence-electron chi connectivity index (χ3n) is 36.7. The molecule has 11 aliphatic carbocycles. The zero-order chi connectivity index (χ0) is 81.7. The predicted octanol–water partition coefficient (Wildman–Crippen LogP) is 20.8. The lowest BCUT2D eigenvalue weighted by atomic mass is 9.56. The van der Waals surface area contributed by atoms with E-state index in [2.05, 4.69) is 101 Å². The summed E-state index contributed by atoms with van der Waals surface area (Å²) in [5.74, 6) is 9.49. The number of hydrogen-bond acceptors (Lipinski definition) is 11. The van der Waals surface area contributed by atoms with E-state index in [4.69, 9.17) is 23.7 Å². The average Bonchev–Trinajstić information content (AvgIpc) is 1.57. The van der Waals surface area contributed by atoms with Gasteiger partial charge >= 0.3 is 12.2 Å². The highest BCUT2D eigenvalue weighted by atomic mass is 16.6. The zero-order valence-electron chi connectivity index (χ0n) is 73.6. The summed E-state index contributed by atoms with van der Waals surface area (Å²) >= 11 is 0. The highest BCUT2D eigenvalue weighted by molar-refractivity contribution is 5.93. The number of ketones is 1. The van der Waals surface area contributed by atoms with Gasteiger partial charge in [-0.15, -0.1) is 0 Å². The number of carbonyl (C=O) groups is 4. The highest BCUT2D eigenvalue weighted by Gasteiger charge is 2.65. The number of piperidine rings is 3. The Kier molecular flexibility index (Phi) is 21.9. The van der Waals surface area contributed by atoms with Crippen LogP contribution in [0.4, 0.5) is 9.59 Å². The summed E-state index contributed by atoms with van der Waals surface area (Å²) in [6, 6.07) is 20.6. The van der Waals surface area contributed by atoms with Crippen molar-refractivity contribution in [3.05, 3.63) is 146 Å². The number of amides is 3. The van der Waals surface area contributed by atoms with Crippen molar-refractivity contribution in [2.24, 2.45) is 105 Å². The molecule has 0 aromatic heterocycles. The average molecular weight is 1600 g/mol. The standard InChI is InChI=1S/C37H50N2O4.C36H47NO4.C29H44N2O2/c1-23-17-33-34(39(21-23)35(40)42-22-26-9-7-6-8-10-26)25(3)37(43-33)16-14-29-30-12-11-27-18-28(38(5)41)13-15-36(27,4)32(30)19-31(29)24(2)20-37;1-22-16-32-33(37(20-22)34(39)40-21-25-8-6-5-7-9-25)24(3)36(41-32)15-13-28-29-11-10-26-17-27(38)12-14-35(26,4)31(29)18-30(28)23(2)19-36;1-17-12-25-27(30-15-17)19(3)29(33-25)11-8-21-22-7-6-20-16-31(5)26(32)9-10-28(20,4)24(22)13-23(21)18(2)14-29/h6-10,18,23,25,29-30,32-34H,11-17,19-22H2,1-5H3;5-9,17,22,24,28-29,31-33H,10-16,18-21H2,1-4H3;16-17,19,21-22,24-25,27,30H,6-15H2,1-5H3/t23-,25+,29-,30-,32-,33+,34-,36-,37-;22-,24+,28-,29-,31-,32+,33-,35-,36-;17-,19+,21-,22-,24-,25+,27-,28-,29-/m000/s1. The number of carbonyl (C=O) groups excluding carboxylic acids is 4. The first kappa shape index (κ1) is 81.9. The van der Waals surface area contributed by atoms with Crippen molar-refractivity contribution >= 4 is 29.6 Å². The Morgan fingerprint density at radius 1 is 0.513 bits per heavy atom. The molecule has 3 amide bonds. The zero-order valence-corrected chi connectivity index (χ0v) is 73.6. The van der Waals surface area contributed by atoms with Crippen molar-refractivity contribution in [3.63, 3.8) is 0 Å². The van der Waals surface area contributed by atoms with Gasteiger partial charge in [0, 0.05) is 75.5 Å². The Balaban J connectivity index is 0.000000122. The lowest BCUT2D eigenvalue weighted by molar-refractivity contribution is -0.423. The van der Waals surface area contributed by atoms with E-state index in [1.165, 1.54) is 88.2 Å². The van der Waals surface area contributed by atoms with Gasteiger partial charge < -0.3 is 48.9 Å². The van der Waals surface area contributed by atoms with Crippen LogP contribution in [0, 0.1) is 110 Å². The number of nitrogens with zero attached hydrogens (tertiary/aromatic N) is 4. The first-order chi connectivity index (χ1) is 56.0. The van der Waals surface area contributed by atoms with Crippen molar-refractivity contribution in [2.45, 2.75) is 323 Å². The number of hydrogen-bond donors (Lipinski definition) is 1. The van der Waals surface area contributed by atoms with Crippen molar-refractivity contribution in [2.75, 3.05) is 33.7 Å². The fourth-order valence-corrected chi connectivity index (χ4v) is 30.3. The molecule has 0 radical (unpaired) electrons. The van der Waals surface area contributed by atoms with E-state index in [0.29, 0.717) is 97.2 Å². The van der Waals surface area contributed by atoms with Gasteiger partial charge in [0.25, 0.3) is 0 Å². The van der Waals surface area contributed by atoms with Gasteiger partial charge in [-0.1, -0.05) is 168 Å². The fraction of sp³-hybridized carbons (Fsp3) is 0.716. The third-order valence-corrected chi connectivity index (χ3v) is 36.7. The van der Waals surface area contributed by atoms with Crippen molar-refractivity contribution in [1.29, 1.82) is 0 Å². The lowest BCUT2D eigenvalue weighted by Crippen LogP contribution is -2.54. The Hall–Kier alpha value is -6.13. The molecule has 7 heterocycles. The van der Waals surface area contributed by atoms with Gasteiger partial charge in [0.15, 0.2) is 11.5 Å². The van der Waals surface area contributed by atoms with Crippen molar-refractivity contribution in [3.8, 4) is 0 Å². The number of hydroxylamine groups is 1. The molecule has 117 heavy (non-hydrogen) atoms. The van der Waals surface area contributed by atoms with Crippen LogP contribution >= 0.6 is 0 Å². The smallest absolute Gasteiger partial charge is 0.410 e. The van der Waals surface area contributed by atoms with E-state index in [-0.39, 0.29) is 87.3 Å². The van der Waals surface area contributed by atoms with Crippen LogP contribution in [0.25, 0.3) is 0 Å². The van der Waals surface area contributed by atoms with Crippen LogP contribution in [0.2, 0.25) is 0 Å². The van der Waals surface area contributed by atoms with E-state index in [9.17, 15) is 24.4 Å². The molecule has 0 unspecified atom stereocenters. The molecule has 18 aliphatic rings. The van der Waals surface area contributed by atoms with Gasteiger partial charge in [-0.3, -0.25) is 9.59 Å². The number of allylic oxidation sites excluding steroid dienone is 8. The molecular weight excluding hydrogens is 1460 g/mol. The van der Waals surface area contributed by atoms with Crippen LogP contribution in [-0.4, -0.2) is 136 Å². The second-order valence-electron chi connectivity index (χ2n) is 43.0. The number of fused-ring (bicyclic) bond motifs is 18. The molecule has 634 valence electrons. The summed E-state index contributed by atoms with van der Waals surface area (Å²) in [7, 11) is 3.60. The number of benzene rings is 2. The molecular formula is C102H141N5O10. The van der Waals surface area contributed by atoms with Crippen LogP contribution in [-0.2, 0) is 46.5 Å². The van der Waals surface area contributed by atoms with E-state index >= 15 is 0 Å². The van der Waals surface area contributed by atoms with E-state index < -0.39 is 0 Å². The number of nitrogens with one attached hydrogen (secondary N) is 1. The Morgan fingerprint density at radius 2 is 0.923 bits per heavy atom. The minimum atomic E-state index is -0.217. The summed E-state index contributed by atoms with van der Waals surface area (Å²) in [4.78, 5) is 57.7. The van der Waals surface area contributed by atoms with Gasteiger partial charge in [-0.2, -0.15) is 0 Å². The Morgan fingerprint density at radius 3 is 1.39 bits per heavy atom. The molecule has 1 N–H and O–H groups in total. The van der Waals surface area contributed by atoms with E-state index in [0.717, 1.165) is 148 Å². The monoisotopic (exact) mass is 1600 g/mol. The second kappa shape index (κ2) is 31.3. The van der Waals surface area contributed by atoms with Gasteiger partial charge in [0.05, 0.1) is 47.2 Å². The summed E-state index contributed by atoms with van der Waals surface area (Å²) in [6.45, 7) is 31.9. The number of rotatable bonds is 4. The third kappa shape index (κ3) is 14.2. The molecule has 27 atom stereocenters. The van der Waals surface area contributed by atoms with Crippen LogP contribution in [0.5, 0.6) is 0 Å². The lowest BCUT2D eigenvalue weighted by Gasteiger charge is -2.48. The largest absolute Gasteiger partial charge is 0.624 e. The quantitative estimate of drug-likeness (QED) is 0.134. The minimum Gasteiger partial charge on any atom is -0.624 e. The molecule has 2 aromatic carbocycles. The molecule has 2 aromatic rings. The van der Waals surface area contributed by atoms with Crippen molar-refractivity contribution in [1.82, 2.24) is 20.0 Å². The topological polar surface area (TPSA) is 162 Å². The van der Waals surface area contributed by atoms with Crippen LogP contribution in [0.15, 0.2) is 129 Å². The summed E-state index contributed by atoms with van der Waals surface area (Å²) < 4.78 is 34.2. The molecule has 15 nitrogen and oxygen atoms in total. The summed E-state index contributed by atoms with van der Waals surface area (Å²) in [5, 5.41) is 15.9. The molecule has 20 rings (SSSR count). The van der Waals surface area contributed by atoms with Crippen molar-refractivity contribution < 1.29 is 47.6 Å². The van der Waals surface area contributed by atoms with Gasteiger partial charge in [0.2, 0.25) is 5.91 Å². The molecule has 12 fully saturated rings. The summed E-state index contributed by atoms with van der Waals surface area (Å²) in [6.07, 6.45) is 36.2. The minimum absolute atomic E-state index is 0.0321. The maximum atomic E-state index is 13.5. The van der Waals surface area contributed by atoms with E-state index in [1.54, 1.807) is 46.1 Å². The van der Waals surface area contributed by atoms with Crippen LogP contribution < -0.4 is 5.32 Å². The maximum absolute atomic E-state index is 13.5. The summed E-state index contributed by atoms with van der Waals surface area (Å²) in [5.41, 5.74) is 17.6. The molecule has 15 heteroatoms. The molecule has 0 bridgehead atoms. The molecule has 7 aliphatic heterocycles. The maximum Gasteiger partial charge on any atom is 0.410 e.